The summed E-state index contributed by atoms with van der Waals surface area (Å²) in [4.78, 5) is 51.7. The van der Waals surface area contributed by atoms with E-state index in [9.17, 15) is 9.59 Å². The fourth-order valence-electron chi connectivity index (χ4n) is 4.41. The molecule has 52 heavy (non-hydrogen) atoms. The minimum atomic E-state index is -1.26. The lowest BCUT2D eigenvalue weighted by molar-refractivity contribution is -0.134. The van der Waals surface area contributed by atoms with Crippen LogP contribution in [0, 0.1) is 0 Å². The van der Waals surface area contributed by atoms with Crippen LogP contribution in [0.1, 0.15) is 0 Å². The molecule has 7 heterocycles. The molecule has 0 spiro atoms. The molecule has 0 fully saturated rings. The number of nitrogens with zero attached hydrogens (tertiary/aromatic N) is 8. The second-order valence-electron chi connectivity index (χ2n) is 10.9. The summed E-state index contributed by atoms with van der Waals surface area (Å²) in [5.41, 5.74) is 3.69. The van der Waals surface area contributed by atoms with Crippen LogP contribution >= 0.6 is 0 Å². The highest BCUT2D eigenvalue weighted by atomic mass is 16.5. The van der Waals surface area contributed by atoms with Gasteiger partial charge in [0.05, 0.1) is 24.8 Å². The number of carbonyl (C=O) groups is 2. The fraction of sp³-hybridized carbons (Fsp3) is 0.114. The quantitative estimate of drug-likeness (QED) is 0.150. The van der Waals surface area contributed by atoms with Gasteiger partial charge in [-0.15, -0.1) is 0 Å². The zero-order valence-electron chi connectivity index (χ0n) is 27.5. The van der Waals surface area contributed by atoms with Crippen molar-refractivity contribution in [1.82, 2.24) is 39.8 Å². The van der Waals surface area contributed by atoms with E-state index in [2.05, 4.69) is 29.9 Å². The van der Waals surface area contributed by atoms with Crippen molar-refractivity contribution in [3.8, 4) is 74.5 Å². The average molecular weight is 705 g/mol. The number of rotatable bonds is 12. The van der Waals surface area contributed by atoms with E-state index in [1.807, 2.05) is 43.3 Å². The number of carboxylic acid groups (broad SMARTS) is 2. The van der Waals surface area contributed by atoms with Crippen molar-refractivity contribution in [1.29, 1.82) is 0 Å². The van der Waals surface area contributed by atoms with Gasteiger partial charge in [0.15, 0.2) is 35.8 Å². The summed E-state index contributed by atoms with van der Waals surface area (Å²) in [5, 5.41) is 15.6. The molecule has 0 saturated carbocycles. The van der Waals surface area contributed by atoms with Crippen molar-refractivity contribution < 1.29 is 42.2 Å². The highest BCUT2D eigenvalue weighted by molar-refractivity contribution is 5.89. The number of hydrogen-bond acceptors (Lipinski definition) is 15. The van der Waals surface area contributed by atoms with Crippen molar-refractivity contribution in [3.63, 3.8) is 0 Å². The summed E-state index contributed by atoms with van der Waals surface area (Å²) >= 11 is 0. The Morgan fingerprint density at radius 2 is 1.17 bits per heavy atom. The lowest BCUT2D eigenvalue weighted by Crippen LogP contribution is -2.19. The minimum absolute atomic E-state index is 0.289. The molecular weight excluding hydrogens is 676 g/mol. The topological polar surface area (TPSA) is 230 Å². The summed E-state index contributed by atoms with van der Waals surface area (Å²) in [6.07, 6.45) is 13.7. The summed E-state index contributed by atoms with van der Waals surface area (Å²) in [5.74, 6) is 0.830. The van der Waals surface area contributed by atoms with Crippen LogP contribution < -0.4 is 4.74 Å². The van der Waals surface area contributed by atoms with Crippen LogP contribution in [0.15, 0.2) is 116 Å². The van der Waals surface area contributed by atoms with E-state index in [1.165, 1.54) is 12.8 Å². The SMILES string of the molecule is CN(C)CCOc1cc(-c2ncc(-c3ccc(-c4cnco4)cn3)o2)nc(-c2ncc(-c3ccc(-c4cnco4)cn3)o2)c1.O=C(O)/C=C\C(=O)O. The van der Waals surface area contributed by atoms with Gasteiger partial charge >= 0.3 is 11.9 Å². The number of oxazole rings is 4. The zero-order chi connectivity index (χ0) is 36.5. The number of pyridine rings is 3. The Hall–Kier alpha value is -7.27. The van der Waals surface area contributed by atoms with Crippen LogP contribution in [0.5, 0.6) is 5.75 Å². The maximum absolute atomic E-state index is 9.55. The lowest BCUT2D eigenvalue weighted by Gasteiger charge is -2.12. The maximum atomic E-state index is 9.55. The van der Waals surface area contributed by atoms with Crippen molar-refractivity contribution >= 4 is 11.9 Å². The van der Waals surface area contributed by atoms with Crippen LogP contribution in [0.4, 0.5) is 0 Å². The van der Waals surface area contributed by atoms with E-state index >= 15 is 0 Å². The average Bonchev–Trinajstić information content (AvgIpc) is 3.99. The molecule has 0 aliphatic heterocycles. The van der Waals surface area contributed by atoms with Gasteiger partial charge in [0, 0.05) is 54.4 Å². The third-order valence-corrected chi connectivity index (χ3v) is 6.89. The standard InChI is InChI=1S/C31H24N8O5.C4H4O4/c1-39(2)7-8-40-21-9-24(30-36-15-28(43-30)22-5-3-19(11-34-22)26-13-32-17-41-26)38-25(10-21)31-37-16-29(44-31)23-6-4-20(12-35-23)27-14-33-18-42-27;5-3(6)1-2-4(7)8/h3-6,9-18H,7-8H2,1-2H3;1-2H,(H,5,6)(H,7,8)/b;2-1-. The molecule has 7 aromatic heterocycles. The van der Waals surface area contributed by atoms with Gasteiger partial charge in [-0.3, -0.25) is 9.97 Å². The summed E-state index contributed by atoms with van der Waals surface area (Å²) in [6, 6.07) is 10.9. The molecule has 262 valence electrons. The minimum Gasteiger partial charge on any atom is -0.492 e. The van der Waals surface area contributed by atoms with E-state index in [0.29, 0.717) is 70.3 Å². The molecule has 0 saturated heterocycles. The molecule has 7 aromatic rings. The number of carboxylic acids is 2. The summed E-state index contributed by atoms with van der Waals surface area (Å²) in [7, 11) is 3.96. The molecule has 17 heteroatoms. The monoisotopic (exact) mass is 704 g/mol. The van der Waals surface area contributed by atoms with Crippen LogP contribution in [0.25, 0.3) is 68.7 Å². The van der Waals surface area contributed by atoms with Crippen molar-refractivity contribution in [2.24, 2.45) is 0 Å². The van der Waals surface area contributed by atoms with Gasteiger partial charge in [-0.2, -0.15) is 0 Å². The Balaban J connectivity index is 0.000000522. The van der Waals surface area contributed by atoms with Crippen molar-refractivity contribution in [2.75, 3.05) is 27.2 Å². The molecular formula is C35H28N8O9. The predicted octanol–water partition coefficient (Wildman–Crippen LogP) is 5.48. The number of ether oxygens (including phenoxy) is 1. The number of aliphatic carboxylic acids is 2. The Labute approximate surface area is 294 Å². The Kier molecular flexibility index (Phi) is 10.6. The fourth-order valence-corrected chi connectivity index (χ4v) is 4.41. The van der Waals surface area contributed by atoms with Crippen LogP contribution in [-0.2, 0) is 9.59 Å². The van der Waals surface area contributed by atoms with E-state index in [0.717, 1.165) is 17.7 Å². The number of aromatic nitrogens is 7. The van der Waals surface area contributed by atoms with Gasteiger partial charge in [-0.1, -0.05) is 0 Å². The van der Waals surface area contributed by atoms with Gasteiger partial charge in [0.2, 0.25) is 11.8 Å². The van der Waals surface area contributed by atoms with Gasteiger partial charge in [-0.05, 0) is 38.4 Å². The van der Waals surface area contributed by atoms with Crippen LogP contribution in [0.2, 0.25) is 0 Å². The van der Waals surface area contributed by atoms with E-state index in [4.69, 9.17) is 37.6 Å². The van der Waals surface area contributed by atoms with E-state index in [1.54, 1.807) is 49.3 Å². The highest BCUT2D eigenvalue weighted by Crippen LogP contribution is 2.32. The van der Waals surface area contributed by atoms with Crippen molar-refractivity contribution in [2.45, 2.75) is 0 Å². The first kappa shape index (κ1) is 34.6. The molecule has 17 nitrogen and oxygen atoms in total. The molecule has 0 atom stereocenters. The molecule has 0 aliphatic carbocycles. The lowest BCUT2D eigenvalue weighted by atomic mass is 10.2. The van der Waals surface area contributed by atoms with Gasteiger partial charge in [0.25, 0.3) is 0 Å². The smallest absolute Gasteiger partial charge is 0.328 e. The first-order chi connectivity index (χ1) is 25.2. The molecule has 0 amide bonds. The van der Waals surface area contributed by atoms with E-state index < -0.39 is 11.9 Å². The van der Waals surface area contributed by atoms with Crippen LogP contribution in [0.3, 0.4) is 0 Å². The predicted molar refractivity (Wildman–Crippen MR) is 181 cm³/mol. The Morgan fingerprint density at radius 3 is 1.56 bits per heavy atom. The van der Waals surface area contributed by atoms with Gasteiger partial charge in [-0.25, -0.2) is 34.5 Å². The second-order valence-corrected chi connectivity index (χ2v) is 10.9. The van der Waals surface area contributed by atoms with Gasteiger partial charge < -0.3 is 37.5 Å². The second kappa shape index (κ2) is 16.0. The zero-order valence-corrected chi connectivity index (χ0v) is 27.5. The highest BCUT2D eigenvalue weighted by Gasteiger charge is 2.18. The first-order valence-electron chi connectivity index (χ1n) is 15.3. The molecule has 2 N–H and O–H groups in total. The third-order valence-electron chi connectivity index (χ3n) is 6.89. The maximum Gasteiger partial charge on any atom is 0.328 e. The van der Waals surface area contributed by atoms with E-state index in [-0.39, 0.29) is 11.8 Å². The van der Waals surface area contributed by atoms with Crippen LogP contribution in [-0.4, -0.2) is 89.2 Å². The normalized spacial score (nSPS) is 11.1. The Bertz CT molecular complexity index is 2110. The Morgan fingerprint density at radius 1 is 0.673 bits per heavy atom. The van der Waals surface area contributed by atoms with Gasteiger partial charge in [0.1, 0.15) is 35.1 Å². The summed E-state index contributed by atoms with van der Waals surface area (Å²) in [6.45, 7) is 1.19. The third kappa shape index (κ3) is 8.84. The van der Waals surface area contributed by atoms with Crippen molar-refractivity contribution in [3.05, 3.63) is 98.5 Å². The first-order valence-corrected chi connectivity index (χ1v) is 15.3. The molecule has 0 aliphatic rings. The number of likely N-dealkylation sites (N-methyl/N-ethyl adjacent to an activating group) is 1. The molecule has 0 aromatic carbocycles. The molecule has 0 bridgehead atoms. The summed E-state index contributed by atoms with van der Waals surface area (Å²) < 4.78 is 28.9. The molecule has 0 unspecified atom stereocenters. The molecule has 7 rings (SSSR count). The molecule has 0 radical (unpaired) electrons. The largest absolute Gasteiger partial charge is 0.492 e. The number of hydrogen-bond donors (Lipinski definition) is 2.